The maximum absolute atomic E-state index is 12.6. The van der Waals surface area contributed by atoms with E-state index < -0.39 is 5.91 Å². The first-order valence-corrected chi connectivity index (χ1v) is 11.2. The van der Waals surface area contributed by atoms with Crippen LogP contribution in [0.1, 0.15) is 16.7 Å². The number of hydrogen-bond donors (Lipinski definition) is 1. The fourth-order valence-corrected chi connectivity index (χ4v) is 4.39. The van der Waals surface area contributed by atoms with Gasteiger partial charge in [0.2, 0.25) is 0 Å². The molecule has 1 N–H and O–H groups in total. The summed E-state index contributed by atoms with van der Waals surface area (Å²) in [5, 5.41) is 12.8. The van der Waals surface area contributed by atoms with E-state index in [0.29, 0.717) is 37.6 Å². The molecule has 3 aromatic carbocycles. The average molecular weight is 561 g/mol. The lowest BCUT2D eigenvalue weighted by Crippen LogP contribution is -2.14. The van der Waals surface area contributed by atoms with Crippen LogP contribution in [0.3, 0.4) is 0 Å². The molecule has 31 heavy (non-hydrogen) atoms. The molecule has 0 fully saturated rings. The largest absolute Gasteiger partial charge is 0.487 e. The molecule has 3 aromatic rings. The number of carbonyl (C=O) groups is 1. The fraction of sp³-hybridized carbons (Fsp3) is 0.0833. The van der Waals surface area contributed by atoms with Gasteiger partial charge in [-0.25, -0.2) is 0 Å². The number of hydrogen-bond acceptors (Lipinski definition) is 3. The lowest BCUT2D eigenvalue weighted by Gasteiger charge is -2.12. The fourth-order valence-electron chi connectivity index (χ4n) is 2.76. The van der Waals surface area contributed by atoms with Crippen molar-refractivity contribution in [2.75, 3.05) is 5.32 Å². The van der Waals surface area contributed by atoms with Gasteiger partial charge in [-0.05, 0) is 85.8 Å². The zero-order valence-electron chi connectivity index (χ0n) is 16.5. The Morgan fingerprint density at radius 2 is 1.81 bits per heavy atom. The first-order valence-electron chi connectivity index (χ1n) is 9.22. The van der Waals surface area contributed by atoms with Gasteiger partial charge in [0.1, 0.15) is 24.0 Å². The van der Waals surface area contributed by atoms with Gasteiger partial charge in [-0.15, -0.1) is 0 Å². The molecule has 0 aliphatic carbocycles. The molecule has 0 radical (unpaired) electrons. The van der Waals surface area contributed by atoms with Gasteiger partial charge < -0.3 is 10.1 Å². The standard InChI is InChI=1S/C24H17Br2ClN2O2/c1-15-7-8-19(27)12-22(15)29-24(30)18(13-28)9-17-10-20(25)23(21(26)11-17)31-14-16-5-3-2-4-6-16/h2-12H,14H2,1H3,(H,29,30)/b18-9+. The summed E-state index contributed by atoms with van der Waals surface area (Å²) in [6, 6.07) is 20.6. The van der Waals surface area contributed by atoms with E-state index in [1.807, 2.05) is 43.3 Å². The van der Waals surface area contributed by atoms with Crippen LogP contribution in [0.2, 0.25) is 5.02 Å². The Bertz CT molecular complexity index is 1160. The molecule has 3 rings (SSSR count). The number of carbonyl (C=O) groups excluding carboxylic acids is 1. The first-order chi connectivity index (χ1) is 14.9. The monoisotopic (exact) mass is 558 g/mol. The molecule has 0 bridgehead atoms. The van der Waals surface area contributed by atoms with E-state index in [1.54, 1.807) is 30.3 Å². The highest BCUT2D eigenvalue weighted by atomic mass is 79.9. The van der Waals surface area contributed by atoms with Gasteiger partial charge in [-0.2, -0.15) is 5.26 Å². The van der Waals surface area contributed by atoms with Gasteiger partial charge in [0, 0.05) is 10.7 Å². The summed E-state index contributed by atoms with van der Waals surface area (Å²) in [5.41, 5.74) is 3.09. The Morgan fingerprint density at radius 1 is 1.13 bits per heavy atom. The van der Waals surface area contributed by atoms with E-state index in [-0.39, 0.29) is 5.57 Å². The summed E-state index contributed by atoms with van der Waals surface area (Å²) in [5.74, 6) is 0.128. The van der Waals surface area contributed by atoms with E-state index in [9.17, 15) is 10.1 Å². The van der Waals surface area contributed by atoms with Crippen molar-refractivity contribution < 1.29 is 9.53 Å². The van der Waals surface area contributed by atoms with Crippen molar-refractivity contribution in [3.8, 4) is 11.8 Å². The van der Waals surface area contributed by atoms with Gasteiger partial charge >= 0.3 is 0 Å². The number of nitrogens with one attached hydrogen (secondary N) is 1. The third kappa shape index (κ3) is 6.20. The van der Waals surface area contributed by atoms with Crippen LogP contribution in [0.15, 0.2) is 75.2 Å². The lowest BCUT2D eigenvalue weighted by atomic mass is 10.1. The minimum absolute atomic E-state index is 0.0314. The number of rotatable bonds is 6. The van der Waals surface area contributed by atoms with Crippen LogP contribution in [0.5, 0.6) is 5.75 Å². The van der Waals surface area contributed by atoms with Gasteiger partial charge in [-0.3, -0.25) is 4.79 Å². The van der Waals surface area contributed by atoms with Crippen molar-refractivity contribution in [1.29, 1.82) is 5.26 Å². The molecule has 4 nitrogen and oxygen atoms in total. The smallest absolute Gasteiger partial charge is 0.266 e. The summed E-state index contributed by atoms with van der Waals surface area (Å²) >= 11 is 13.0. The Morgan fingerprint density at radius 3 is 2.45 bits per heavy atom. The quantitative estimate of drug-likeness (QED) is 0.254. The molecular formula is C24H17Br2ClN2O2. The SMILES string of the molecule is Cc1ccc(Cl)cc1NC(=O)/C(C#N)=C/c1cc(Br)c(OCc2ccccc2)c(Br)c1. The second kappa shape index (κ2) is 10.6. The molecule has 0 unspecified atom stereocenters. The summed E-state index contributed by atoms with van der Waals surface area (Å²) in [6.45, 7) is 2.27. The van der Waals surface area contributed by atoms with Gasteiger partial charge in [-0.1, -0.05) is 48.0 Å². The predicted octanol–water partition coefficient (Wildman–Crippen LogP) is 7.30. The number of anilines is 1. The van der Waals surface area contributed by atoms with Crippen LogP contribution in [-0.4, -0.2) is 5.91 Å². The van der Waals surface area contributed by atoms with Crippen LogP contribution in [-0.2, 0) is 11.4 Å². The highest BCUT2D eigenvalue weighted by Gasteiger charge is 2.14. The minimum atomic E-state index is -0.510. The molecule has 0 aliphatic heterocycles. The molecule has 0 saturated carbocycles. The molecule has 0 atom stereocenters. The molecule has 0 spiro atoms. The van der Waals surface area contributed by atoms with Gasteiger partial charge in [0.25, 0.3) is 5.91 Å². The number of ether oxygens (including phenoxy) is 1. The van der Waals surface area contributed by atoms with Crippen LogP contribution >= 0.6 is 43.5 Å². The third-order valence-electron chi connectivity index (χ3n) is 4.37. The summed E-state index contributed by atoms with van der Waals surface area (Å²) in [6.07, 6.45) is 1.52. The number of aryl methyl sites for hydroxylation is 1. The van der Waals surface area contributed by atoms with Crippen LogP contribution in [0.25, 0.3) is 6.08 Å². The van der Waals surface area contributed by atoms with Gasteiger partial charge in [0.15, 0.2) is 0 Å². The van der Waals surface area contributed by atoms with Crippen molar-refractivity contribution >= 4 is 61.1 Å². The normalized spacial score (nSPS) is 11.0. The zero-order valence-corrected chi connectivity index (χ0v) is 20.4. The third-order valence-corrected chi connectivity index (χ3v) is 5.78. The Labute approximate surface area is 202 Å². The molecule has 0 heterocycles. The molecule has 0 aliphatic rings. The number of amides is 1. The van der Waals surface area contributed by atoms with E-state index in [4.69, 9.17) is 16.3 Å². The second-order valence-electron chi connectivity index (χ2n) is 6.67. The Kier molecular flexibility index (Phi) is 7.91. The van der Waals surface area contributed by atoms with E-state index in [1.165, 1.54) is 6.08 Å². The van der Waals surface area contributed by atoms with Gasteiger partial charge in [0.05, 0.1) is 8.95 Å². The zero-order chi connectivity index (χ0) is 22.4. The van der Waals surface area contributed by atoms with Crippen molar-refractivity contribution in [1.82, 2.24) is 0 Å². The maximum Gasteiger partial charge on any atom is 0.266 e. The number of halogens is 3. The highest BCUT2D eigenvalue weighted by Crippen LogP contribution is 2.36. The molecular weight excluding hydrogens is 544 g/mol. The number of nitrogens with zero attached hydrogens (tertiary/aromatic N) is 1. The van der Waals surface area contributed by atoms with Crippen LogP contribution < -0.4 is 10.1 Å². The predicted molar refractivity (Wildman–Crippen MR) is 131 cm³/mol. The molecule has 1 amide bonds. The first kappa shape index (κ1) is 23.1. The Hall–Kier alpha value is -2.59. The van der Waals surface area contributed by atoms with Crippen LogP contribution in [0, 0.1) is 18.3 Å². The maximum atomic E-state index is 12.6. The van der Waals surface area contributed by atoms with E-state index in [2.05, 4.69) is 37.2 Å². The number of nitriles is 1. The molecule has 156 valence electrons. The second-order valence-corrected chi connectivity index (χ2v) is 8.82. The van der Waals surface area contributed by atoms with Crippen molar-refractivity contribution in [2.24, 2.45) is 0 Å². The topological polar surface area (TPSA) is 62.1 Å². The van der Waals surface area contributed by atoms with Crippen molar-refractivity contribution in [3.05, 3.63) is 96.9 Å². The molecule has 0 aromatic heterocycles. The van der Waals surface area contributed by atoms with Crippen LogP contribution in [0.4, 0.5) is 5.69 Å². The average Bonchev–Trinajstić information content (AvgIpc) is 2.74. The molecule has 0 saturated heterocycles. The van der Waals surface area contributed by atoms with E-state index >= 15 is 0 Å². The van der Waals surface area contributed by atoms with Crippen molar-refractivity contribution in [3.63, 3.8) is 0 Å². The summed E-state index contributed by atoms with van der Waals surface area (Å²) in [4.78, 5) is 12.6. The summed E-state index contributed by atoms with van der Waals surface area (Å²) < 4.78 is 7.32. The number of benzene rings is 3. The highest BCUT2D eigenvalue weighted by molar-refractivity contribution is 9.11. The lowest BCUT2D eigenvalue weighted by molar-refractivity contribution is -0.112. The summed E-state index contributed by atoms with van der Waals surface area (Å²) in [7, 11) is 0. The molecule has 7 heteroatoms. The van der Waals surface area contributed by atoms with Crippen molar-refractivity contribution in [2.45, 2.75) is 13.5 Å². The van der Waals surface area contributed by atoms with E-state index in [0.717, 1.165) is 11.1 Å². The Balaban J connectivity index is 1.79. The minimum Gasteiger partial charge on any atom is -0.487 e.